The average molecular weight is 476 g/mol. The third kappa shape index (κ3) is 4.67. The molecule has 1 unspecified atom stereocenters. The van der Waals surface area contributed by atoms with E-state index in [1.54, 1.807) is 24.0 Å². The summed E-state index contributed by atoms with van der Waals surface area (Å²) in [5, 5.41) is 2.72. The molecule has 0 spiro atoms. The molecule has 2 amide bonds. The Kier molecular flexibility index (Phi) is 6.50. The number of benzene rings is 1. The maximum atomic E-state index is 14.8. The van der Waals surface area contributed by atoms with Crippen LogP contribution in [0, 0.1) is 5.82 Å². The summed E-state index contributed by atoms with van der Waals surface area (Å²) in [5.41, 5.74) is 5.68. The lowest BCUT2D eigenvalue weighted by Gasteiger charge is -2.37. The van der Waals surface area contributed by atoms with Crippen LogP contribution >= 0.6 is 15.9 Å². The van der Waals surface area contributed by atoms with Crippen molar-refractivity contribution in [3.63, 3.8) is 0 Å². The van der Waals surface area contributed by atoms with Crippen LogP contribution < -0.4 is 11.1 Å². The first-order valence-electron chi connectivity index (χ1n) is 9.61. The minimum Gasteiger partial charge on any atom is -0.379 e. The Labute approximate surface area is 182 Å². The monoisotopic (exact) mass is 475 g/mol. The second-order valence-corrected chi connectivity index (χ2v) is 8.28. The first-order valence-corrected chi connectivity index (χ1v) is 10.4. The maximum Gasteiger partial charge on any atom is 0.288 e. The Balaban J connectivity index is 1.89. The molecule has 1 atom stereocenters. The highest BCUT2D eigenvalue weighted by atomic mass is 79.9. The number of amides is 2. The summed E-state index contributed by atoms with van der Waals surface area (Å²) in [7, 11) is 0. The highest BCUT2D eigenvalue weighted by Crippen LogP contribution is 2.33. The molecule has 30 heavy (non-hydrogen) atoms. The molecule has 1 aromatic heterocycles. The number of carbonyl (C=O) groups excluding carboxylic acids is 2. The first-order chi connectivity index (χ1) is 14.2. The molecule has 0 fully saturated rings. The second-order valence-electron chi connectivity index (χ2n) is 7.36. The zero-order valence-corrected chi connectivity index (χ0v) is 18.4. The lowest BCUT2D eigenvalue weighted by Crippen LogP contribution is -2.52. The summed E-state index contributed by atoms with van der Waals surface area (Å²) >= 11 is 3.27. The van der Waals surface area contributed by atoms with Crippen LogP contribution in [0.15, 0.2) is 46.0 Å². The topological polar surface area (TPSA) is 101 Å². The van der Waals surface area contributed by atoms with Crippen molar-refractivity contribution in [3.05, 3.63) is 58.1 Å². The molecule has 2 heterocycles. The SMILES string of the molecule is CCCCN1CC(C)(c2cc(NC(=O)c3ccc(Br)cn3)ccc2F)N=C(N)C1=O. The van der Waals surface area contributed by atoms with Crippen LogP contribution in [0.5, 0.6) is 0 Å². The molecule has 0 bridgehead atoms. The largest absolute Gasteiger partial charge is 0.379 e. The Morgan fingerprint density at radius 3 is 2.80 bits per heavy atom. The van der Waals surface area contributed by atoms with E-state index in [4.69, 9.17) is 5.73 Å². The Bertz CT molecular complexity index is 995. The lowest BCUT2D eigenvalue weighted by atomic mass is 9.89. The van der Waals surface area contributed by atoms with Gasteiger partial charge in [-0.1, -0.05) is 13.3 Å². The van der Waals surface area contributed by atoms with Gasteiger partial charge in [0.15, 0.2) is 5.84 Å². The number of hydrogen-bond acceptors (Lipinski definition) is 5. The Morgan fingerprint density at radius 1 is 1.37 bits per heavy atom. The summed E-state index contributed by atoms with van der Waals surface area (Å²) in [4.78, 5) is 34.8. The van der Waals surface area contributed by atoms with Crippen molar-refractivity contribution in [3.8, 4) is 0 Å². The van der Waals surface area contributed by atoms with Gasteiger partial charge in [-0.3, -0.25) is 14.6 Å². The summed E-state index contributed by atoms with van der Waals surface area (Å²) in [5.74, 6) is -1.39. The maximum absolute atomic E-state index is 14.8. The van der Waals surface area contributed by atoms with Crippen LogP contribution in [-0.4, -0.2) is 40.6 Å². The summed E-state index contributed by atoms with van der Waals surface area (Å²) in [6.45, 7) is 4.48. The minimum atomic E-state index is -1.06. The van der Waals surface area contributed by atoms with E-state index in [-0.39, 0.29) is 29.5 Å². The lowest BCUT2D eigenvalue weighted by molar-refractivity contribution is -0.126. The molecule has 1 aliphatic rings. The van der Waals surface area contributed by atoms with Crippen molar-refractivity contribution < 1.29 is 14.0 Å². The van der Waals surface area contributed by atoms with Crippen LogP contribution in [0.2, 0.25) is 0 Å². The van der Waals surface area contributed by atoms with Crippen LogP contribution in [0.25, 0.3) is 0 Å². The van der Waals surface area contributed by atoms with Gasteiger partial charge >= 0.3 is 0 Å². The Hall–Kier alpha value is -2.81. The minimum absolute atomic E-state index is 0.146. The average Bonchev–Trinajstić information content (AvgIpc) is 2.71. The molecule has 1 aromatic carbocycles. The molecule has 0 saturated heterocycles. The number of hydrogen-bond donors (Lipinski definition) is 2. The number of unbranched alkanes of at least 4 members (excludes halogenated alkanes) is 1. The standard InChI is InChI=1S/C21H23BrFN5O2/c1-3-4-9-28-12-21(2,27-18(24)20(28)30)15-10-14(6-7-16(15)23)26-19(29)17-8-5-13(22)11-25-17/h5-8,10-11H,3-4,9,12H2,1-2H3,(H2,24,27)(H,26,29). The molecule has 9 heteroatoms. The number of nitrogens with two attached hydrogens (primary N) is 1. The molecular formula is C21H23BrFN5O2. The van der Waals surface area contributed by atoms with Gasteiger partial charge in [0, 0.05) is 28.5 Å². The van der Waals surface area contributed by atoms with Gasteiger partial charge < -0.3 is 16.0 Å². The Morgan fingerprint density at radius 2 is 2.13 bits per heavy atom. The van der Waals surface area contributed by atoms with Crippen molar-refractivity contribution in [1.82, 2.24) is 9.88 Å². The third-order valence-corrected chi connectivity index (χ3v) is 5.39. The summed E-state index contributed by atoms with van der Waals surface area (Å²) in [6.07, 6.45) is 3.25. The molecule has 3 N–H and O–H groups in total. The molecule has 2 aromatic rings. The molecule has 0 aliphatic carbocycles. The first kappa shape index (κ1) is 21.9. The number of amidine groups is 1. The zero-order chi connectivity index (χ0) is 21.9. The predicted octanol–water partition coefficient (Wildman–Crippen LogP) is 3.45. The van der Waals surface area contributed by atoms with Gasteiger partial charge in [0.1, 0.15) is 17.1 Å². The molecular weight excluding hydrogens is 453 g/mol. The van der Waals surface area contributed by atoms with E-state index in [2.05, 4.69) is 31.2 Å². The number of halogens is 2. The van der Waals surface area contributed by atoms with E-state index in [1.165, 1.54) is 24.4 Å². The number of pyridine rings is 1. The normalized spacial score (nSPS) is 18.9. The van der Waals surface area contributed by atoms with Crippen LogP contribution in [0.3, 0.4) is 0 Å². The van der Waals surface area contributed by atoms with E-state index in [0.29, 0.717) is 12.2 Å². The van der Waals surface area contributed by atoms with E-state index in [1.807, 2.05) is 6.92 Å². The highest BCUT2D eigenvalue weighted by molar-refractivity contribution is 9.10. The smallest absolute Gasteiger partial charge is 0.288 e. The van der Waals surface area contributed by atoms with Crippen molar-refractivity contribution in [2.75, 3.05) is 18.4 Å². The van der Waals surface area contributed by atoms with E-state index in [0.717, 1.165) is 17.3 Å². The number of rotatable bonds is 6. The van der Waals surface area contributed by atoms with Gasteiger partial charge in [-0.25, -0.2) is 9.37 Å². The fourth-order valence-corrected chi connectivity index (χ4v) is 3.59. The quantitative estimate of drug-likeness (QED) is 0.667. The van der Waals surface area contributed by atoms with Crippen LogP contribution in [0.4, 0.5) is 10.1 Å². The van der Waals surface area contributed by atoms with Crippen molar-refractivity contribution >= 4 is 39.3 Å². The number of nitrogens with zero attached hydrogens (tertiary/aromatic N) is 3. The van der Waals surface area contributed by atoms with Gasteiger partial charge in [0.25, 0.3) is 11.8 Å². The van der Waals surface area contributed by atoms with Crippen molar-refractivity contribution in [1.29, 1.82) is 0 Å². The van der Waals surface area contributed by atoms with Gasteiger partial charge in [0.05, 0.1) is 6.54 Å². The molecule has 158 valence electrons. The second kappa shape index (κ2) is 8.91. The van der Waals surface area contributed by atoms with Crippen molar-refractivity contribution in [2.24, 2.45) is 10.7 Å². The summed E-state index contributed by atoms with van der Waals surface area (Å²) in [6, 6.07) is 7.55. The number of aromatic nitrogens is 1. The van der Waals surface area contributed by atoms with Gasteiger partial charge in [-0.15, -0.1) is 0 Å². The number of anilines is 1. The van der Waals surface area contributed by atoms with E-state index < -0.39 is 17.3 Å². The summed E-state index contributed by atoms with van der Waals surface area (Å²) < 4.78 is 15.5. The fourth-order valence-electron chi connectivity index (χ4n) is 3.35. The van der Waals surface area contributed by atoms with Gasteiger partial charge in [0.2, 0.25) is 0 Å². The molecule has 0 radical (unpaired) electrons. The number of carbonyl (C=O) groups is 2. The van der Waals surface area contributed by atoms with Crippen LogP contribution in [0.1, 0.15) is 42.7 Å². The highest BCUT2D eigenvalue weighted by Gasteiger charge is 2.38. The predicted molar refractivity (Wildman–Crippen MR) is 117 cm³/mol. The molecule has 0 saturated carbocycles. The number of nitrogens with one attached hydrogen (secondary N) is 1. The van der Waals surface area contributed by atoms with E-state index >= 15 is 0 Å². The van der Waals surface area contributed by atoms with Crippen molar-refractivity contribution in [2.45, 2.75) is 32.2 Å². The van der Waals surface area contributed by atoms with E-state index in [9.17, 15) is 14.0 Å². The fraction of sp³-hybridized carbons (Fsp3) is 0.333. The molecule has 7 nitrogen and oxygen atoms in total. The zero-order valence-electron chi connectivity index (χ0n) is 16.8. The molecule has 1 aliphatic heterocycles. The number of aliphatic imine (C=N–C) groups is 1. The van der Waals surface area contributed by atoms with Gasteiger partial charge in [-0.2, -0.15) is 0 Å². The third-order valence-electron chi connectivity index (χ3n) is 4.92. The van der Waals surface area contributed by atoms with Gasteiger partial charge in [-0.05, 0) is 59.6 Å². The van der Waals surface area contributed by atoms with Crippen LogP contribution in [-0.2, 0) is 10.3 Å². The molecule has 3 rings (SSSR count).